The summed E-state index contributed by atoms with van der Waals surface area (Å²) >= 11 is 2.76. The second kappa shape index (κ2) is 12.3. The number of thiazole rings is 1. The van der Waals surface area contributed by atoms with Gasteiger partial charge in [-0.05, 0) is 44.0 Å². The predicted octanol–water partition coefficient (Wildman–Crippen LogP) is 3.13. The molecule has 8 nitrogen and oxygen atoms in total. The van der Waals surface area contributed by atoms with Gasteiger partial charge in [-0.2, -0.15) is 0 Å². The first-order chi connectivity index (χ1) is 15.2. The van der Waals surface area contributed by atoms with Gasteiger partial charge in [0.15, 0.2) is 0 Å². The average Bonchev–Trinajstić information content (AvgIpc) is 3.28. The van der Waals surface area contributed by atoms with Crippen molar-refractivity contribution in [2.75, 3.05) is 18.8 Å². The Balaban J connectivity index is 0.00000385. The van der Waals surface area contributed by atoms with Crippen LogP contribution in [0, 0.1) is 6.92 Å². The molecule has 0 aliphatic heterocycles. The molecule has 2 heterocycles. The minimum Gasteiger partial charge on any atom is -0.506 e. The summed E-state index contributed by atoms with van der Waals surface area (Å²) < 4.78 is 33.5. The highest BCUT2D eigenvalue weighted by molar-refractivity contribution is 7.89. The van der Waals surface area contributed by atoms with Gasteiger partial charge in [0.1, 0.15) is 17.5 Å². The molecule has 3 aromatic rings. The zero-order chi connectivity index (χ0) is 23.3. The molecule has 0 amide bonds. The van der Waals surface area contributed by atoms with Crippen LogP contribution in [0.25, 0.3) is 10.2 Å². The highest BCUT2D eigenvalue weighted by Gasteiger charge is 2.20. The molecule has 0 saturated carbocycles. The predicted molar refractivity (Wildman–Crippen MR) is 138 cm³/mol. The van der Waals surface area contributed by atoms with Gasteiger partial charge in [0.05, 0.1) is 16.6 Å². The number of thiophene rings is 1. The number of H-pyrrole nitrogens is 1. The maximum atomic E-state index is 12.1. The molecular weight excluding hydrogens is 506 g/mol. The Hall–Kier alpha value is -1.47. The van der Waals surface area contributed by atoms with Crippen molar-refractivity contribution in [3.05, 3.63) is 49.3 Å². The van der Waals surface area contributed by atoms with E-state index in [0.717, 1.165) is 26.5 Å². The van der Waals surface area contributed by atoms with E-state index in [1.807, 2.05) is 13.0 Å². The quantitative estimate of drug-likeness (QED) is 0.264. The zero-order valence-corrected chi connectivity index (χ0v) is 22.0. The van der Waals surface area contributed by atoms with E-state index in [2.05, 4.69) is 27.2 Å². The van der Waals surface area contributed by atoms with Crippen LogP contribution >= 0.6 is 35.1 Å². The van der Waals surface area contributed by atoms with Gasteiger partial charge in [0.25, 0.3) is 0 Å². The third-order valence-corrected chi connectivity index (χ3v) is 8.42. The van der Waals surface area contributed by atoms with Crippen molar-refractivity contribution in [3.63, 3.8) is 0 Å². The summed E-state index contributed by atoms with van der Waals surface area (Å²) in [5, 5.41) is 13.4. The number of rotatable bonds is 12. The summed E-state index contributed by atoms with van der Waals surface area (Å²) in [6.07, 6.45) is 0.384. The normalized spacial score (nSPS) is 13.7. The molecule has 184 valence electrons. The summed E-state index contributed by atoms with van der Waals surface area (Å²) in [5.74, 6) is -0.0571. The van der Waals surface area contributed by atoms with Crippen LogP contribution in [0.3, 0.4) is 0 Å². The van der Waals surface area contributed by atoms with Crippen molar-refractivity contribution >= 4 is 55.3 Å². The number of hydrogen-bond donors (Lipinski definition) is 4. The first kappa shape index (κ1) is 27.8. The highest BCUT2D eigenvalue weighted by atomic mass is 35.5. The summed E-state index contributed by atoms with van der Waals surface area (Å²) in [7, 11) is -3.39. The molecular formula is C21H30ClN3O5S3. The number of aryl methyl sites for hydroxylation is 1. The molecule has 0 fully saturated rings. The fourth-order valence-electron chi connectivity index (χ4n) is 3.49. The lowest BCUT2D eigenvalue weighted by Gasteiger charge is -2.23. The lowest BCUT2D eigenvalue weighted by atomic mass is 10.1. The maximum absolute atomic E-state index is 12.1. The van der Waals surface area contributed by atoms with E-state index in [9.17, 15) is 18.3 Å². The monoisotopic (exact) mass is 535 g/mol. The largest absolute Gasteiger partial charge is 0.506 e. The Kier molecular flexibility index (Phi) is 10.3. The van der Waals surface area contributed by atoms with Crippen LogP contribution < -0.4 is 14.9 Å². The highest BCUT2D eigenvalue weighted by Crippen LogP contribution is 2.28. The molecule has 1 aromatic carbocycles. The van der Waals surface area contributed by atoms with E-state index in [4.69, 9.17) is 4.74 Å². The Morgan fingerprint density at radius 3 is 2.64 bits per heavy atom. The van der Waals surface area contributed by atoms with E-state index in [1.54, 1.807) is 31.3 Å². The topological polar surface area (TPSA) is 121 Å². The number of sulfonamides is 1. The smallest absolute Gasteiger partial charge is 0.305 e. The third kappa shape index (κ3) is 8.06. The number of nitrogens with one attached hydrogen (secondary N) is 3. The summed E-state index contributed by atoms with van der Waals surface area (Å²) in [5.41, 5.74) is 1.41. The van der Waals surface area contributed by atoms with Crippen LogP contribution in [0.1, 0.15) is 29.2 Å². The van der Waals surface area contributed by atoms with Gasteiger partial charge in [-0.15, -0.1) is 23.7 Å². The number of aromatic nitrogens is 1. The van der Waals surface area contributed by atoms with Crippen LogP contribution in [-0.2, 0) is 27.6 Å². The van der Waals surface area contributed by atoms with Gasteiger partial charge >= 0.3 is 4.87 Å². The van der Waals surface area contributed by atoms with E-state index in [-0.39, 0.29) is 35.0 Å². The number of ether oxygens (including phenoxy) is 1. The average molecular weight is 536 g/mol. The molecule has 2 aromatic heterocycles. The summed E-state index contributed by atoms with van der Waals surface area (Å²) in [6, 6.07) is 7.50. The second-order valence-electron chi connectivity index (χ2n) is 7.60. The van der Waals surface area contributed by atoms with Crippen molar-refractivity contribution in [1.29, 1.82) is 0 Å². The van der Waals surface area contributed by atoms with Crippen LogP contribution in [-0.4, -0.2) is 49.7 Å². The third-order valence-electron chi connectivity index (χ3n) is 4.80. The van der Waals surface area contributed by atoms with Crippen molar-refractivity contribution in [3.8, 4) is 5.75 Å². The Bertz CT molecular complexity index is 1210. The van der Waals surface area contributed by atoms with Gasteiger partial charge in [-0.3, -0.25) is 10.1 Å². The van der Waals surface area contributed by atoms with Crippen molar-refractivity contribution in [2.24, 2.45) is 0 Å². The van der Waals surface area contributed by atoms with Gasteiger partial charge in [-0.1, -0.05) is 24.3 Å². The van der Waals surface area contributed by atoms with E-state index >= 15 is 0 Å². The molecule has 0 aliphatic carbocycles. The SMILES string of the molecule is CCNS(=O)(=O)CC(C)OC(Cc1ccc(C)s1)NCCc1ccc(O)c2[nH]c(=O)sc12.Cl. The minimum atomic E-state index is -3.39. The van der Waals surface area contributed by atoms with Crippen LogP contribution in [0.5, 0.6) is 5.75 Å². The lowest BCUT2D eigenvalue weighted by molar-refractivity contribution is -0.00907. The number of hydrogen-bond acceptors (Lipinski definition) is 8. The molecule has 12 heteroatoms. The number of fused-ring (bicyclic) bond motifs is 1. The number of halogens is 1. The van der Waals surface area contributed by atoms with Gasteiger partial charge < -0.3 is 14.8 Å². The number of benzene rings is 1. The van der Waals surface area contributed by atoms with Crippen LogP contribution in [0.4, 0.5) is 0 Å². The molecule has 2 atom stereocenters. The molecule has 0 saturated heterocycles. The molecule has 0 bridgehead atoms. The van der Waals surface area contributed by atoms with Crippen molar-refractivity contribution in [2.45, 2.75) is 45.9 Å². The number of aromatic amines is 1. The van der Waals surface area contributed by atoms with Crippen LogP contribution in [0.2, 0.25) is 0 Å². The Morgan fingerprint density at radius 2 is 1.97 bits per heavy atom. The maximum Gasteiger partial charge on any atom is 0.305 e. The second-order valence-corrected chi connectivity index (χ2v) is 11.8. The molecule has 0 radical (unpaired) electrons. The first-order valence-corrected chi connectivity index (χ1v) is 13.7. The Labute approximate surface area is 207 Å². The summed E-state index contributed by atoms with van der Waals surface area (Å²) in [6.45, 7) is 6.45. The molecule has 33 heavy (non-hydrogen) atoms. The molecule has 0 spiro atoms. The van der Waals surface area contributed by atoms with Gasteiger partial charge in [-0.25, -0.2) is 13.1 Å². The minimum absolute atomic E-state index is 0. The van der Waals surface area contributed by atoms with Gasteiger partial charge in [0, 0.05) is 29.3 Å². The van der Waals surface area contributed by atoms with E-state index in [0.29, 0.717) is 31.4 Å². The van der Waals surface area contributed by atoms with Crippen LogP contribution in [0.15, 0.2) is 29.1 Å². The molecule has 0 aliphatic rings. The molecule has 3 rings (SSSR count). The number of phenolic OH excluding ortho intramolecular Hbond substituents is 1. The fraction of sp³-hybridized carbons (Fsp3) is 0.476. The van der Waals surface area contributed by atoms with Crippen molar-refractivity contribution in [1.82, 2.24) is 15.0 Å². The van der Waals surface area contributed by atoms with Gasteiger partial charge in [0.2, 0.25) is 10.0 Å². The molecule has 4 N–H and O–H groups in total. The Morgan fingerprint density at radius 1 is 1.21 bits per heavy atom. The zero-order valence-electron chi connectivity index (χ0n) is 18.7. The van der Waals surface area contributed by atoms with E-state index < -0.39 is 16.1 Å². The van der Waals surface area contributed by atoms with Crippen molar-refractivity contribution < 1.29 is 18.3 Å². The number of phenols is 1. The number of aromatic hydroxyl groups is 1. The first-order valence-electron chi connectivity index (χ1n) is 10.4. The van der Waals surface area contributed by atoms with E-state index in [1.165, 1.54) is 4.88 Å². The molecule has 2 unspecified atom stereocenters. The lowest BCUT2D eigenvalue weighted by Crippen LogP contribution is -2.40. The standard InChI is InChI=1S/C21H29N3O5S3.ClH/c1-4-23-32(27,28)12-13(2)29-18(11-16-7-5-14(3)30-16)22-10-9-15-6-8-17(25)19-20(15)31-21(26)24-19;/h5-8,13,18,22-23,25H,4,9-12H2,1-3H3,(H,24,26);1H. The summed E-state index contributed by atoms with van der Waals surface area (Å²) in [4.78, 5) is 16.5. The fourth-order valence-corrected chi connectivity index (χ4v) is 6.56.